The minimum Gasteiger partial charge on any atom is -0.469 e. The molecule has 3 rings (SSSR count). The highest BCUT2D eigenvalue weighted by atomic mass is 19.1. The van der Waals surface area contributed by atoms with Gasteiger partial charge in [-0.2, -0.15) is 0 Å². The summed E-state index contributed by atoms with van der Waals surface area (Å²) in [6.45, 7) is 0. The summed E-state index contributed by atoms with van der Waals surface area (Å²) in [5.41, 5.74) is 1.15. The number of rotatable bonds is 4. The number of halogens is 1. The van der Waals surface area contributed by atoms with Crippen LogP contribution in [-0.4, -0.2) is 22.5 Å². The lowest BCUT2D eigenvalue weighted by atomic mass is 10.3. The minimum absolute atomic E-state index is 0.0379. The van der Waals surface area contributed by atoms with E-state index in [0.717, 1.165) is 0 Å². The molecule has 0 saturated heterocycles. The summed E-state index contributed by atoms with van der Waals surface area (Å²) in [6, 6.07) is 11.5. The normalized spacial score (nSPS) is 11.2. The molecule has 116 valence electrons. The molecule has 2 heterocycles. The summed E-state index contributed by atoms with van der Waals surface area (Å²) < 4.78 is 20.0. The van der Waals surface area contributed by atoms with Crippen LogP contribution in [0.3, 0.4) is 0 Å². The van der Waals surface area contributed by atoms with Crippen molar-refractivity contribution in [1.82, 2.24) is 9.38 Å². The van der Waals surface area contributed by atoms with E-state index in [0.29, 0.717) is 17.2 Å². The maximum atomic E-state index is 13.6. The van der Waals surface area contributed by atoms with E-state index in [2.05, 4.69) is 19.9 Å². The average Bonchev–Trinajstić information content (AvgIpc) is 2.91. The number of pyridine rings is 1. The number of hydrogen-bond donors (Lipinski definition) is 0. The van der Waals surface area contributed by atoms with E-state index in [1.165, 1.54) is 19.2 Å². The molecule has 0 radical (unpaired) electrons. The summed E-state index contributed by atoms with van der Waals surface area (Å²) in [5, 5.41) is 8.02. The Hall–Kier alpha value is -3.09. The second-order valence-corrected chi connectivity index (χ2v) is 4.72. The van der Waals surface area contributed by atoms with Crippen LogP contribution in [0.5, 0.6) is 0 Å². The fraction of sp³-hybridized carbons (Fsp3) is 0.125. The number of nitrogens with zero attached hydrogens (tertiary/aromatic N) is 4. The summed E-state index contributed by atoms with van der Waals surface area (Å²) in [5.74, 6) is -0.537. The Morgan fingerprint density at radius 3 is 2.78 bits per heavy atom. The van der Waals surface area contributed by atoms with E-state index in [1.54, 1.807) is 34.9 Å². The van der Waals surface area contributed by atoms with Crippen molar-refractivity contribution in [2.24, 2.45) is 10.2 Å². The Morgan fingerprint density at radius 2 is 2.00 bits per heavy atom. The van der Waals surface area contributed by atoms with Gasteiger partial charge in [0.2, 0.25) is 0 Å². The van der Waals surface area contributed by atoms with Gasteiger partial charge in [0.15, 0.2) is 11.6 Å². The molecule has 0 N–H and O–H groups in total. The first-order valence-electron chi connectivity index (χ1n) is 6.88. The predicted octanol–water partition coefficient (Wildman–Crippen LogP) is 3.60. The Kier molecular flexibility index (Phi) is 4.09. The number of aromatic nitrogens is 2. The number of esters is 1. The van der Waals surface area contributed by atoms with Gasteiger partial charge in [0.25, 0.3) is 0 Å². The molecule has 0 spiro atoms. The number of azo groups is 1. The van der Waals surface area contributed by atoms with Gasteiger partial charge in [0.1, 0.15) is 11.3 Å². The lowest BCUT2D eigenvalue weighted by Crippen LogP contribution is -2.04. The highest BCUT2D eigenvalue weighted by molar-refractivity contribution is 5.74. The molecular weight excluding hydrogens is 299 g/mol. The molecule has 2 aromatic heterocycles. The fourth-order valence-corrected chi connectivity index (χ4v) is 2.10. The monoisotopic (exact) mass is 312 g/mol. The van der Waals surface area contributed by atoms with E-state index in [9.17, 15) is 9.18 Å². The average molecular weight is 312 g/mol. The highest BCUT2D eigenvalue weighted by Gasteiger charge is 2.15. The van der Waals surface area contributed by atoms with Gasteiger partial charge in [-0.15, -0.1) is 10.2 Å². The highest BCUT2D eigenvalue weighted by Crippen LogP contribution is 2.25. The van der Waals surface area contributed by atoms with Gasteiger partial charge in [0.05, 0.1) is 19.2 Å². The van der Waals surface area contributed by atoms with Gasteiger partial charge < -0.3 is 4.74 Å². The van der Waals surface area contributed by atoms with Crippen molar-refractivity contribution < 1.29 is 13.9 Å². The molecule has 7 heteroatoms. The molecule has 0 bridgehead atoms. The third-order valence-corrected chi connectivity index (χ3v) is 3.22. The van der Waals surface area contributed by atoms with Gasteiger partial charge in [-0.1, -0.05) is 18.2 Å². The van der Waals surface area contributed by atoms with E-state index >= 15 is 0 Å². The third kappa shape index (κ3) is 3.08. The Bertz CT molecular complexity index is 889. The first kappa shape index (κ1) is 14.8. The quantitative estimate of drug-likeness (QED) is 0.546. The first-order chi connectivity index (χ1) is 11.2. The molecule has 6 nitrogen and oxygen atoms in total. The number of imidazole rings is 1. The summed E-state index contributed by atoms with van der Waals surface area (Å²) in [7, 11) is 1.30. The minimum atomic E-state index is -0.473. The largest absolute Gasteiger partial charge is 0.469 e. The second-order valence-electron chi connectivity index (χ2n) is 4.72. The topological polar surface area (TPSA) is 68.3 Å². The van der Waals surface area contributed by atoms with Crippen molar-refractivity contribution in [3.8, 4) is 0 Å². The number of hydrogen-bond acceptors (Lipinski definition) is 5. The van der Waals surface area contributed by atoms with Crippen LogP contribution in [0.1, 0.15) is 5.69 Å². The zero-order valence-electron chi connectivity index (χ0n) is 12.3. The molecule has 1 aromatic carbocycles. The van der Waals surface area contributed by atoms with Crippen molar-refractivity contribution in [3.63, 3.8) is 0 Å². The third-order valence-electron chi connectivity index (χ3n) is 3.22. The van der Waals surface area contributed by atoms with Crippen molar-refractivity contribution >= 4 is 23.1 Å². The lowest BCUT2D eigenvalue weighted by Gasteiger charge is -1.99. The summed E-state index contributed by atoms with van der Waals surface area (Å²) >= 11 is 0. The maximum absolute atomic E-state index is 13.6. The molecular formula is C16H13FN4O2. The second kappa shape index (κ2) is 6.35. The number of fused-ring (bicyclic) bond motifs is 1. The molecule has 0 amide bonds. The van der Waals surface area contributed by atoms with Crippen LogP contribution in [0.2, 0.25) is 0 Å². The Labute approximate surface area is 131 Å². The van der Waals surface area contributed by atoms with Crippen molar-refractivity contribution in [1.29, 1.82) is 0 Å². The zero-order valence-corrected chi connectivity index (χ0v) is 12.3. The van der Waals surface area contributed by atoms with Gasteiger partial charge >= 0.3 is 5.97 Å². The van der Waals surface area contributed by atoms with Gasteiger partial charge in [-0.05, 0) is 24.3 Å². The number of benzene rings is 1. The van der Waals surface area contributed by atoms with Crippen molar-refractivity contribution in [2.75, 3.05) is 7.11 Å². The Morgan fingerprint density at radius 1 is 1.22 bits per heavy atom. The molecule has 0 unspecified atom stereocenters. The number of carbonyl (C=O) groups is 1. The van der Waals surface area contributed by atoms with Crippen LogP contribution < -0.4 is 0 Å². The van der Waals surface area contributed by atoms with E-state index < -0.39 is 11.8 Å². The first-order valence-corrected chi connectivity index (χ1v) is 6.88. The van der Waals surface area contributed by atoms with Crippen LogP contribution >= 0.6 is 0 Å². The number of methoxy groups -OCH3 is 1. The van der Waals surface area contributed by atoms with Crippen LogP contribution in [-0.2, 0) is 16.0 Å². The van der Waals surface area contributed by atoms with E-state index in [1.807, 2.05) is 6.07 Å². The van der Waals surface area contributed by atoms with Crippen molar-refractivity contribution in [2.45, 2.75) is 6.42 Å². The molecule has 0 fully saturated rings. The lowest BCUT2D eigenvalue weighted by molar-refractivity contribution is -0.139. The number of carbonyl (C=O) groups excluding carboxylic acids is 1. The molecule has 0 aliphatic carbocycles. The van der Waals surface area contributed by atoms with Gasteiger partial charge in [-0.25, -0.2) is 9.37 Å². The van der Waals surface area contributed by atoms with Gasteiger partial charge in [-0.3, -0.25) is 9.20 Å². The smallest absolute Gasteiger partial charge is 0.311 e. The summed E-state index contributed by atoms with van der Waals surface area (Å²) in [4.78, 5) is 15.9. The fourth-order valence-electron chi connectivity index (χ4n) is 2.10. The molecule has 3 aromatic rings. The standard InChI is InChI=1S/C16H13FN4O2/c1-23-15(22)10-13-16(21-9-5-4-8-14(21)18-13)20-19-12-7-3-2-6-11(12)17/h2-9H,10H2,1H3. The predicted molar refractivity (Wildman–Crippen MR) is 81.5 cm³/mol. The summed E-state index contributed by atoms with van der Waals surface area (Å²) in [6.07, 6.45) is 1.71. The van der Waals surface area contributed by atoms with Crippen LogP contribution in [0, 0.1) is 5.82 Å². The Balaban J connectivity index is 2.05. The molecule has 0 aliphatic heterocycles. The van der Waals surface area contributed by atoms with Gasteiger partial charge in [0, 0.05) is 6.20 Å². The van der Waals surface area contributed by atoms with E-state index in [4.69, 9.17) is 0 Å². The molecule has 0 saturated carbocycles. The molecule has 23 heavy (non-hydrogen) atoms. The number of ether oxygens (including phenoxy) is 1. The van der Waals surface area contributed by atoms with Crippen LogP contribution in [0.15, 0.2) is 58.9 Å². The molecule has 0 aliphatic rings. The zero-order chi connectivity index (χ0) is 16.2. The van der Waals surface area contributed by atoms with Crippen LogP contribution in [0.4, 0.5) is 15.9 Å². The van der Waals surface area contributed by atoms with Crippen molar-refractivity contribution in [3.05, 3.63) is 60.2 Å². The van der Waals surface area contributed by atoms with E-state index in [-0.39, 0.29) is 12.1 Å². The SMILES string of the molecule is COC(=O)Cc1nc2ccccn2c1N=Nc1ccccc1F. The molecule has 0 atom stereocenters. The van der Waals surface area contributed by atoms with Crippen LogP contribution in [0.25, 0.3) is 5.65 Å². The maximum Gasteiger partial charge on any atom is 0.311 e.